The Morgan fingerprint density at radius 3 is 2.43 bits per heavy atom. The van der Waals surface area contributed by atoms with Gasteiger partial charge in [0.1, 0.15) is 34.8 Å². The zero-order chi connectivity index (χ0) is 20.8. The Balaban J connectivity index is 0.00000256. The van der Waals surface area contributed by atoms with Gasteiger partial charge in [-0.2, -0.15) is 0 Å². The first kappa shape index (κ1) is 23.0. The van der Waals surface area contributed by atoms with Crippen LogP contribution in [0.5, 0.6) is 0 Å². The second-order valence-corrected chi connectivity index (χ2v) is 7.76. The molecule has 1 aliphatic rings. The topological polar surface area (TPSA) is 183 Å². The summed E-state index contributed by atoms with van der Waals surface area (Å²) in [4.78, 5) is 12.1. The van der Waals surface area contributed by atoms with E-state index in [1.165, 1.54) is 41.5 Å². The number of ether oxygens (including phenoxy) is 1. The summed E-state index contributed by atoms with van der Waals surface area (Å²) in [5.41, 5.74) is 1.08. The SMILES string of the molecule is O=S(=O)([O-])c1ccc(Nc2ncnc3c2ncn3[C@@H]2O[C@H](CO)[C@@H](O)[C@@H]2O)cc1.[Na+]. The largest absolute Gasteiger partial charge is 1.00 e. The molecule has 14 heteroatoms. The van der Waals surface area contributed by atoms with Crippen LogP contribution in [0.2, 0.25) is 0 Å². The van der Waals surface area contributed by atoms with Gasteiger partial charge in [0.15, 0.2) is 23.2 Å². The molecular formula is C16H16N5NaO7S. The molecule has 0 unspecified atom stereocenters. The van der Waals surface area contributed by atoms with E-state index in [9.17, 15) is 28.3 Å². The van der Waals surface area contributed by atoms with E-state index in [4.69, 9.17) is 4.74 Å². The fourth-order valence-corrected chi connectivity index (χ4v) is 3.55. The normalized spacial score (nSPS) is 24.0. The predicted octanol–water partition coefficient (Wildman–Crippen LogP) is -3.91. The second kappa shape index (κ2) is 8.82. The molecule has 1 saturated heterocycles. The van der Waals surface area contributed by atoms with Crippen LogP contribution in [0.1, 0.15) is 6.23 Å². The third kappa shape index (κ3) is 4.21. The number of fused-ring (bicyclic) bond motifs is 1. The van der Waals surface area contributed by atoms with Crippen molar-refractivity contribution in [1.29, 1.82) is 0 Å². The maximum Gasteiger partial charge on any atom is 1.00 e. The first-order valence-electron chi connectivity index (χ1n) is 8.42. The number of anilines is 2. The fraction of sp³-hybridized carbons (Fsp3) is 0.312. The molecule has 3 heterocycles. The van der Waals surface area contributed by atoms with Crippen LogP contribution in [0.15, 0.2) is 41.8 Å². The molecule has 0 amide bonds. The van der Waals surface area contributed by atoms with Gasteiger partial charge in [0.05, 0.1) is 17.8 Å². The van der Waals surface area contributed by atoms with Crippen molar-refractivity contribution in [3.05, 3.63) is 36.9 Å². The van der Waals surface area contributed by atoms with Crippen LogP contribution in [-0.2, 0) is 14.9 Å². The molecule has 0 aliphatic carbocycles. The Bertz CT molecular complexity index is 1140. The van der Waals surface area contributed by atoms with Crippen LogP contribution >= 0.6 is 0 Å². The Morgan fingerprint density at radius 1 is 1.13 bits per heavy atom. The summed E-state index contributed by atoms with van der Waals surface area (Å²) in [5.74, 6) is 0.290. The molecule has 1 aliphatic heterocycles. The van der Waals surface area contributed by atoms with Crippen LogP contribution in [0.25, 0.3) is 11.2 Å². The first-order chi connectivity index (χ1) is 13.8. The zero-order valence-corrected chi connectivity index (χ0v) is 18.5. The van der Waals surface area contributed by atoms with Crippen molar-refractivity contribution < 1.29 is 62.6 Å². The summed E-state index contributed by atoms with van der Waals surface area (Å²) < 4.78 is 40.0. The quantitative estimate of drug-likeness (QED) is 0.222. The van der Waals surface area contributed by atoms with E-state index in [2.05, 4.69) is 20.3 Å². The number of nitrogens with one attached hydrogen (secondary N) is 1. The number of aliphatic hydroxyl groups excluding tert-OH is 3. The zero-order valence-electron chi connectivity index (χ0n) is 15.7. The number of nitrogens with zero attached hydrogens (tertiary/aromatic N) is 4. The third-order valence-corrected chi connectivity index (χ3v) is 5.41. The average Bonchev–Trinajstić information content (AvgIpc) is 3.24. The smallest absolute Gasteiger partial charge is 0.744 e. The van der Waals surface area contributed by atoms with Crippen molar-refractivity contribution in [3.8, 4) is 0 Å². The standard InChI is InChI=1S/C16H17N5O7S.Na/c22-5-10-12(23)13(24)16(28-10)21-7-19-11-14(17-6-18-15(11)21)20-8-1-3-9(4-2-8)29(25,26)27;/h1-4,6-7,10,12-13,16,22-24H,5H2,(H,17,18,20)(H,25,26,27);/q;+1/p-1/t10-,12-,13+,16-;/m1./s1. The molecule has 0 radical (unpaired) electrons. The molecule has 12 nitrogen and oxygen atoms in total. The maximum absolute atomic E-state index is 11.0. The van der Waals surface area contributed by atoms with Gasteiger partial charge in [-0.15, -0.1) is 0 Å². The number of hydrogen-bond acceptors (Lipinski definition) is 11. The summed E-state index contributed by atoms with van der Waals surface area (Å²) in [6.07, 6.45) is -1.90. The summed E-state index contributed by atoms with van der Waals surface area (Å²) >= 11 is 0. The first-order valence-corrected chi connectivity index (χ1v) is 9.83. The Hall–Kier alpha value is -1.68. The summed E-state index contributed by atoms with van der Waals surface area (Å²) in [6, 6.07) is 5.14. The van der Waals surface area contributed by atoms with Crippen LogP contribution in [-0.4, -0.2) is 72.7 Å². The Kier molecular flexibility index (Phi) is 6.76. The monoisotopic (exact) mass is 445 g/mol. The van der Waals surface area contributed by atoms with Crippen molar-refractivity contribution in [2.75, 3.05) is 11.9 Å². The molecule has 4 atom stereocenters. The van der Waals surface area contributed by atoms with Crippen LogP contribution < -0.4 is 34.9 Å². The molecule has 0 saturated carbocycles. The minimum Gasteiger partial charge on any atom is -0.744 e. The molecule has 1 fully saturated rings. The molecule has 4 rings (SSSR count). The van der Waals surface area contributed by atoms with Gasteiger partial charge in [-0.1, -0.05) is 0 Å². The van der Waals surface area contributed by atoms with Gasteiger partial charge in [-0.3, -0.25) is 4.57 Å². The number of imidazole rings is 1. The van der Waals surface area contributed by atoms with E-state index in [1.54, 1.807) is 0 Å². The number of aliphatic hydroxyl groups is 3. The number of aromatic nitrogens is 4. The van der Waals surface area contributed by atoms with E-state index >= 15 is 0 Å². The van der Waals surface area contributed by atoms with Gasteiger partial charge >= 0.3 is 29.6 Å². The predicted molar refractivity (Wildman–Crippen MR) is 96.0 cm³/mol. The van der Waals surface area contributed by atoms with Crippen molar-refractivity contribution in [1.82, 2.24) is 19.5 Å². The molecule has 154 valence electrons. The van der Waals surface area contributed by atoms with Crippen molar-refractivity contribution >= 4 is 32.8 Å². The van der Waals surface area contributed by atoms with Crippen LogP contribution in [0, 0.1) is 0 Å². The van der Waals surface area contributed by atoms with Gasteiger partial charge < -0.3 is 29.9 Å². The van der Waals surface area contributed by atoms with Gasteiger partial charge in [0.25, 0.3) is 0 Å². The van der Waals surface area contributed by atoms with Crippen LogP contribution in [0.4, 0.5) is 11.5 Å². The molecule has 2 aromatic heterocycles. The average molecular weight is 445 g/mol. The van der Waals surface area contributed by atoms with E-state index in [1.807, 2.05) is 0 Å². The summed E-state index contributed by atoms with van der Waals surface area (Å²) in [7, 11) is -4.54. The van der Waals surface area contributed by atoms with E-state index in [0.717, 1.165) is 0 Å². The molecule has 0 spiro atoms. The minimum absolute atomic E-state index is 0. The van der Waals surface area contributed by atoms with Gasteiger partial charge in [0, 0.05) is 5.69 Å². The molecular weight excluding hydrogens is 429 g/mol. The van der Waals surface area contributed by atoms with Crippen molar-refractivity contribution in [2.45, 2.75) is 29.4 Å². The summed E-state index contributed by atoms with van der Waals surface area (Å²) in [5, 5.41) is 32.4. The van der Waals surface area contributed by atoms with E-state index in [-0.39, 0.29) is 34.5 Å². The van der Waals surface area contributed by atoms with Gasteiger partial charge in [0.2, 0.25) is 0 Å². The molecule has 0 bridgehead atoms. The second-order valence-electron chi connectivity index (χ2n) is 6.38. The van der Waals surface area contributed by atoms with Crippen molar-refractivity contribution in [3.63, 3.8) is 0 Å². The van der Waals surface area contributed by atoms with E-state index in [0.29, 0.717) is 22.7 Å². The van der Waals surface area contributed by atoms with E-state index < -0.39 is 41.3 Å². The van der Waals surface area contributed by atoms with Crippen LogP contribution in [0.3, 0.4) is 0 Å². The van der Waals surface area contributed by atoms with Gasteiger partial charge in [-0.25, -0.2) is 23.4 Å². The Morgan fingerprint density at radius 2 is 1.83 bits per heavy atom. The maximum atomic E-state index is 11.0. The molecule has 1 aromatic carbocycles. The Labute approximate surface area is 192 Å². The van der Waals surface area contributed by atoms with Crippen molar-refractivity contribution in [2.24, 2.45) is 0 Å². The van der Waals surface area contributed by atoms with Gasteiger partial charge in [-0.05, 0) is 24.3 Å². The number of rotatable bonds is 5. The third-order valence-electron chi connectivity index (χ3n) is 4.56. The summed E-state index contributed by atoms with van der Waals surface area (Å²) in [6.45, 7) is -0.460. The number of hydrogen-bond donors (Lipinski definition) is 4. The molecule has 30 heavy (non-hydrogen) atoms. The molecule has 3 aromatic rings. The minimum atomic E-state index is -4.54. The number of benzene rings is 1. The molecule has 4 N–H and O–H groups in total. The fourth-order valence-electron chi connectivity index (χ4n) is 3.08.